The molecule has 0 bridgehead atoms. The first-order chi connectivity index (χ1) is 45.9. The monoisotopic (exact) mass is 1500 g/mol. The molecule has 0 spiro atoms. The van der Waals surface area contributed by atoms with Gasteiger partial charge in [-0.1, -0.05) is 294 Å². The van der Waals surface area contributed by atoms with Crippen LogP contribution in [0.15, 0.2) is 194 Å². The van der Waals surface area contributed by atoms with Crippen LogP contribution in [0.25, 0.3) is 0 Å². The number of ether oxygens (including phenoxy) is 2. The molecule has 6 atom stereocenters. The quantitative estimate of drug-likeness (QED) is 0.0399. The van der Waals surface area contributed by atoms with Crippen LogP contribution < -0.4 is 31.8 Å². The zero-order valence-corrected chi connectivity index (χ0v) is 66.3. The molecule has 536 valence electrons. The fourth-order valence-electron chi connectivity index (χ4n) is 15.1. The minimum absolute atomic E-state index is 0. The van der Waals surface area contributed by atoms with Crippen LogP contribution in [-0.4, -0.2) is 62.0 Å². The van der Waals surface area contributed by atoms with Gasteiger partial charge in [0, 0.05) is 77.3 Å². The Morgan fingerprint density at radius 1 is 0.392 bits per heavy atom. The minimum atomic E-state index is -0.250. The Morgan fingerprint density at radius 2 is 0.639 bits per heavy atom. The van der Waals surface area contributed by atoms with Gasteiger partial charge in [0.1, 0.15) is 12.6 Å². The number of hydrogen-bond acceptors (Lipinski definition) is 5. The van der Waals surface area contributed by atoms with Gasteiger partial charge >= 0.3 is 0 Å². The number of rotatable bonds is 18. The Kier molecular flexibility index (Phi) is 50.1. The first kappa shape index (κ1) is 89.6. The smallest absolute Gasteiger partial charge is 0.290 e. The molecular formula is C85H121Fe3O6P3. The van der Waals surface area contributed by atoms with Crippen LogP contribution in [0.5, 0.6) is 0 Å². The normalized spacial score (nSPS) is 20.2. The molecule has 6 unspecified atom stereocenters. The van der Waals surface area contributed by atoms with Crippen molar-refractivity contribution in [3.05, 3.63) is 194 Å². The van der Waals surface area contributed by atoms with Gasteiger partial charge in [-0.15, -0.1) is 0 Å². The molecule has 0 saturated heterocycles. The van der Waals surface area contributed by atoms with Gasteiger partial charge in [0.2, 0.25) is 0 Å². The topological polar surface area (TPSA) is 89.9 Å². The third-order valence-electron chi connectivity index (χ3n) is 20.0. The summed E-state index contributed by atoms with van der Waals surface area (Å²) in [6.07, 6.45) is 35.2. The molecule has 6 nitrogen and oxygen atoms in total. The summed E-state index contributed by atoms with van der Waals surface area (Å²) >= 11 is 0. The van der Waals surface area contributed by atoms with Crippen molar-refractivity contribution in [1.82, 2.24) is 0 Å². The number of carboxylic acid groups (broad SMARTS) is 1. The third-order valence-corrected chi connectivity index (χ3v) is 29.1. The maximum absolute atomic E-state index is 10.0. The number of carbonyl (C=O) groups is 3. The fourth-order valence-corrected chi connectivity index (χ4v) is 25.2. The predicted octanol–water partition coefficient (Wildman–Crippen LogP) is 20.7. The Balaban J connectivity index is 0.000000402. The van der Waals surface area contributed by atoms with Gasteiger partial charge < -0.3 is 24.2 Å². The molecule has 12 heteroatoms. The van der Waals surface area contributed by atoms with Crippen LogP contribution in [-0.2, 0) is 75.1 Å². The molecule has 6 aromatic carbocycles. The van der Waals surface area contributed by atoms with Crippen LogP contribution in [0.1, 0.15) is 190 Å². The first-order valence-electron chi connectivity index (χ1n) is 36.3. The van der Waals surface area contributed by atoms with Gasteiger partial charge in [-0.25, -0.2) is 0 Å². The van der Waals surface area contributed by atoms with Crippen LogP contribution in [0.2, 0.25) is 0 Å². The zero-order chi connectivity index (χ0) is 67.6. The van der Waals surface area contributed by atoms with Crippen LogP contribution in [0.3, 0.4) is 0 Å². The van der Waals surface area contributed by atoms with E-state index in [1.54, 1.807) is 52.3 Å². The number of aldehydes is 2. The predicted molar refractivity (Wildman–Crippen MR) is 410 cm³/mol. The van der Waals surface area contributed by atoms with Gasteiger partial charge in [0.15, 0.2) is 0 Å². The van der Waals surface area contributed by atoms with Crippen molar-refractivity contribution < 1.29 is 80.2 Å². The molecule has 6 aliphatic carbocycles. The van der Waals surface area contributed by atoms with Gasteiger partial charge in [-0.05, 0) is 197 Å². The van der Waals surface area contributed by atoms with Crippen molar-refractivity contribution in [2.75, 3.05) is 20.8 Å². The van der Waals surface area contributed by atoms with Gasteiger partial charge in [-0.2, -0.15) is 0 Å². The van der Waals surface area contributed by atoms with E-state index in [2.05, 4.69) is 234 Å². The summed E-state index contributed by atoms with van der Waals surface area (Å²) in [5, 5.41) is 16.2. The first-order valence-corrected chi connectivity index (χ1v) is 40.5. The second kappa shape index (κ2) is 54.2. The number of hydrogen-bond donors (Lipinski definition) is 1. The Hall–Kier alpha value is -3.52. The van der Waals surface area contributed by atoms with E-state index in [9.17, 15) is 9.59 Å². The standard InChI is InChI=1S/3C20H25P.C8H14O.C7H12O.C6H10O.C3H8O.CH2O2.3Fe/c3*1-16(2)19-14-9-15-20(19)21(17-10-5-3-6-11-17)18-12-7-4-8-13-18;1-9-7-6-8-4-2-3-5-8;8-6-5-7-3-1-2-4-7;7-5-6-3-1-2-4-6;1-3-4-2;2-1-3;;;/h3*3-8,10-13,16,19-20H,9,14-15H2,1-2H3;6-8H,2-5H2,1H3;6-7H,1-5H2;5-6H,1-4H2;3H2,1-2H3;1H,(H,2,3);;;. The number of allylic oxidation sites excluding steroid dienone is 1. The van der Waals surface area contributed by atoms with Crippen LogP contribution in [0, 0.1) is 53.3 Å². The van der Waals surface area contributed by atoms with E-state index in [0.717, 1.165) is 103 Å². The van der Waals surface area contributed by atoms with Crippen molar-refractivity contribution in [3.63, 3.8) is 0 Å². The second-order valence-corrected chi connectivity index (χ2v) is 34.7. The summed E-state index contributed by atoms with van der Waals surface area (Å²) in [4.78, 5) is 28.3. The average molecular weight is 1500 g/mol. The molecule has 97 heavy (non-hydrogen) atoms. The SMILES string of the molecule is CC(C)C1CCCC1P(c1ccccc1)c1ccccc1.CC(C)C1CCCC1P(c1ccccc1)c1ccccc1.CC(C)C1CCCC1P(c1ccccc1)c1ccccc1.CCOC.COC=CC1CCCC1.O=CC1CCCC1.O=CCC1CCCC1.O=CO.[Fe].[Fe].[Fe]. The zero-order valence-electron chi connectivity index (χ0n) is 60.3. The van der Waals surface area contributed by atoms with Crippen molar-refractivity contribution in [2.24, 2.45) is 53.3 Å². The fraction of sp³-hybridized carbons (Fsp3) is 0.518. The van der Waals surface area contributed by atoms with Crippen molar-refractivity contribution >= 4 is 74.6 Å². The molecule has 0 heterocycles. The minimum Gasteiger partial charge on any atom is -0.505 e. The Bertz CT molecular complexity index is 2490. The summed E-state index contributed by atoms with van der Waals surface area (Å²) in [5.41, 5.74) is 2.55. The summed E-state index contributed by atoms with van der Waals surface area (Å²) in [7, 11) is 2.71. The van der Waals surface area contributed by atoms with Crippen molar-refractivity contribution in [1.29, 1.82) is 0 Å². The van der Waals surface area contributed by atoms with E-state index in [1.807, 2.05) is 6.92 Å². The van der Waals surface area contributed by atoms with Crippen LogP contribution in [0.4, 0.5) is 0 Å². The number of benzene rings is 6. The average Bonchev–Trinajstić information content (AvgIpc) is 1.80. The summed E-state index contributed by atoms with van der Waals surface area (Å²) < 4.78 is 9.36. The second-order valence-electron chi connectivity index (χ2n) is 27.4. The van der Waals surface area contributed by atoms with Crippen LogP contribution >= 0.6 is 23.8 Å². The number of carbonyl (C=O) groups excluding carboxylic acids is 2. The van der Waals surface area contributed by atoms with E-state index >= 15 is 0 Å². The van der Waals surface area contributed by atoms with Gasteiger partial charge in [0.25, 0.3) is 6.47 Å². The number of methoxy groups -OCH3 is 2. The van der Waals surface area contributed by atoms with Crippen molar-refractivity contribution in [3.8, 4) is 0 Å². The van der Waals surface area contributed by atoms with Crippen molar-refractivity contribution in [2.45, 2.75) is 207 Å². The molecule has 6 fully saturated rings. The molecule has 6 saturated carbocycles. The van der Waals surface area contributed by atoms with Gasteiger partial charge in [0.05, 0.1) is 13.4 Å². The van der Waals surface area contributed by atoms with E-state index in [1.165, 1.54) is 122 Å². The molecule has 12 rings (SSSR count). The summed E-state index contributed by atoms with van der Waals surface area (Å²) in [6, 6.07) is 67.3. The molecule has 0 amide bonds. The van der Waals surface area contributed by atoms with E-state index in [0.29, 0.717) is 5.92 Å². The largest absolute Gasteiger partial charge is 0.505 e. The molecule has 0 radical (unpaired) electrons. The maximum Gasteiger partial charge on any atom is 0.290 e. The molecule has 1 N–H and O–H groups in total. The van der Waals surface area contributed by atoms with E-state index < -0.39 is 0 Å². The molecular weight excluding hydrogens is 1380 g/mol. The molecule has 0 aromatic heterocycles. The Labute approximate surface area is 625 Å². The third kappa shape index (κ3) is 32.1. The molecule has 6 aliphatic rings. The summed E-state index contributed by atoms with van der Waals surface area (Å²) in [5.74, 6) is 7.03. The maximum atomic E-state index is 10.0. The summed E-state index contributed by atoms with van der Waals surface area (Å²) in [6.45, 7) is 17.0. The van der Waals surface area contributed by atoms with Gasteiger partial charge in [-0.3, -0.25) is 4.79 Å². The molecule has 0 aliphatic heterocycles. The Morgan fingerprint density at radius 3 is 0.845 bits per heavy atom. The van der Waals surface area contributed by atoms with E-state index in [4.69, 9.17) is 14.6 Å². The molecule has 6 aromatic rings. The van der Waals surface area contributed by atoms with E-state index in [-0.39, 0.29) is 81.4 Å².